The van der Waals surface area contributed by atoms with E-state index in [4.69, 9.17) is 9.84 Å². The maximum atomic E-state index is 10.8. The first kappa shape index (κ1) is 9.92. The Kier molecular flexibility index (Phi) is 2.55. The molecule has 0 unspecified atom stereocenters. The van der Waals surface area contributed by atoms with Crippen LogP contribution in [-0.2, 0) is 0 Å². The van der Waals surface area contributed by atoms with Gasteiger partial charge in [-0.1, -0.05) is 0 Å². The molecule has 0 amide bonds. The summed E-state index contributed by atoms with van der Waals surface area (Å²) in [4.78, 5) is 11.1. The average molecular weight is 223 g/mol. The molecule has 0 aliphatic rings. The van der Waals surface area contributed by atoms with Gasteiger partial charge in [-0.2, -0.15) is 4.37 Å². The predicted octanol–water partition coefficient (Wildman–Crippen LogP) is 2.39. The molecule has 0 aliphatic heterocycles. The highest BCUT2D eigenvalue weighted by molar-refractivity contribution is 7.09. The van der Waals surface area contributed by atoms with Crippen molar-refractivity contribution in [3.8, 4) is 5.75 Å². The lowest BCUT2D eigenvalue weighted by Crippen LogP contribution is -1.93. The number of ether oxygens (including phenoxy) is 1. The van der Waals surface area contributed by atoms with Gasteiger partial charge in [-0.05, 0) is 30.6 Å². The van der Waals surface area contributed by atoms with E-state index in [1.807, 2.05) is 6.92 Å². The first-order chi connectivity index (χ1) is 7.22. The van der Waals surface area contributed by atoms with Crippen LogP contribution in [0.4, 0.5) is 0 Å². The molecule has 15 heavy (non-hydrogen) atoms. The van der Waals surface area contributed by atoms with Crippen LogP contribution in [0.5, 0.6) is 5.75 Å². The molecule has 0 aliphatic carbocycles. The Balaban J connectivity index is 2.51. The Bertz CT molecular complexity index is 506. The Morgan fingerprint density at radius 2 is 2.40 bits per heavy atom. The molecular formula is C10H9NO3S. The number of rotatable bonds is 3. The zero-order valence-corrected chi connectivity index (χ0v) is 8.87. The van der Waals surface area contributed by atoms with Crippen LogP contribution in [-0.4, -0.2) is 22.1 Å². The van der Waals surface area contributed by atoms with E-state index in [0.717, 1.165) is 11.5 Å². The normalized spacial score (nSPS) is 10.5. The first-order valence-electron chi connectivity index (χ1n) is 4.48. The van der Waals surface area contributed by atoms with Crippen LogP contribution < -0.4 is 4.74 Å². The van der Waals surface area contributed by atoms with Crippen LogP contribution in [0.25, 0.3) is 10.9 Å². The Hall–Kier alpha value is -1.62. The topological polar surface area (TPSA) is 59.4 Å². The van der Waals surface area contributed by atoms with Gasteiger partial charge >= 0.3 is 5.97 Å². The highest BCUT2D eigenvalue weighted by Gasteiger charge is 2.12. The molecule has 0 saturated heterocycles. The second-order valence-electron chi connectivity index (χ2n) is 2.93. The molecule has 1 N–H and O–H groups in total. The lowest BCUT2D eigenvalue weighted by Gasteiger charge is -2.01. The fourth-order valence-corrected chi connectivity index (χ4v) is 2.02. The molecule has 0 atom stereocenters. The molecule has 1 aromatic heterocycles. The van der Waals surface area contributed by atoms with E-state index in [9.17, 15) is 4.79 Å². The second kappa shape index (κ2) is 3.86. The molecule has 2 rings (SSSR count). The van der Waals surface area contributed by atoms with Crippen molar-refractivity contribution in [1.29, 1.82) is 0 Å². The highest BCUT2D eigenvalue weighted by atomic mass is 32.1. The molecule has 5 heteroatoms. The van der Waals surface area contributed by atoms with E-state index in [2.05, 4.69) is 4.37 Å². The van der Waals surface area contributed by atoms with E-state index in [1.54, 1.807) is 18.2 Å². The summed E-state index contributed by atoms with van der Waals surface area (Å²) in [7, 11) is 0. The molecule has 78 valence electrons. The molecule has 1 heterocycles. The monoisotopic (exact) mass is 223 g/mol. The van der Waals surface area contributed by atoms with Crippen LogP contribution in [0.3, 0.4) is 0 Å². The smallest absolute Gasteiger partial charge is 0.348 e. The van der Waals surface area contributed by atoms with Crippen molar-refractivity contribution >= 4 is 28.4 Å². The maximum Gasteiger partial charge on any atom is 0.348 e. The standard InChI is InChI=1S/C10H9NO3S/c1-2-14-6-3-4-7-8(5-6)11-15-9(7)10(12)13/h3-5H,2H2,1H3,(H,12,13). The maximum absolute atomic E-state index is 10.8. The minimum atomic E-state index is -0.938. The van der Waals surface area contributed by atoms with Gasteiger partial charge in [0.2, 0.25) is 0 Å². The van der Waals surface area contributed by atoms with Gasteiger partial charge in [-0.3, -0.25) is 0 Å². The van der Waals surface area contributed by atoms with Gasteiger partial charge in [-0.15, -0.1) is 0 Å². The summed E-state index contributed by atoms with van der Waals surface area (Å²) in [6, 6.07) is 5.24. The number of carboxylic acids is 1. The predicted molar refractivity (Wildman–Crippen MR) is 57.7 cm³/mol. The summed E-state index contributed by atoms with van der Waals surface area (Å²) < 4.78 is 9.36. The molecule has 2 aromatic rings. The molecular weight excluding hydrogens is 214 g/mol. The van der Waals surface area contributed by atoms with Crippen molar-refractivity contribution in [2.75, 3.05) is 6.61 Å². The molecule has 0 radical (unpaired) electrons. The van der Waals surface area contributed by atoms with Gasteiger partial charge in [0.15, 0.2) is 0 Å². The van der Waals surface area contributed by atoms with E-state index >= 15 is 0 Å². The van der Waals surface area contributed by atoms with Gasteiger partial charge in [0.1, 0.15) is 10.6 Å². The number of aromatic nitrogens is 1. The summed E-state index contributed by atoms with van der Waals surface area (Å²) in [5.74, 6) is -0.223. The third kappa shape index (κ3) is 1.78. The van der Waals surface area contributed by atoms with Gasteiger partial charge < -0.3 is 9.84 Å². The van der Waals surface area contributed by atoms with Crippen LogP contribution in [0.2, 0.25) is 0 Å². The van der Waals surface area contributed by atoms with Gasteiger partial charge in [0.25, 0.3) is 0 Å². The van der Waals surface area contributed by atoms with Crippen LogP contribution >= 0.6 is 11.5 Å². The SMILES string of the molecule is CCOc1ccc2c(C(=O)O)snc2c1. The average Bonchev–Trinajstić information content (AvgIpc) is 2.61. The summed E-state index contributed by atoms with van der Waals surface area (Å²) >= 11 is 0.993. The van der Waals surface area contributed by atoms with Crippen molar-refractivity contribution in [3.63, 3.8) is 0 Å². The largest absolute Gasteiger partial charge is 0.494 e. The van der Waals surface area contributed by atoms with E-state index in [-0.39, 0.29) is 4.88 Å². The summed E-state index contributed by atoms with van der Waals surface area (Å²) in [6.45, 7) is 2.48. The van der Waals surface area contributed by atoms with E-state index < -0.39 is 5.97 Å². The van der Waals surface area contributed by atoms with E-state index in [0.29, 0.717) is 23.3 Å². The van der Waals surface area contributed by atoms with Crippen molar-refractivity contribution in [2.45, 2.75) is 6.92 Å². The number of fused-ring (bicyclic) bond motifs is 1. The number of carbonyl (C=O) groups is 1. The van der Waals surface area contributed by atoms with Crippen molar-refractivity contribution in [3.05, 3.63) is 23.1 Å². The number of aromatic carboxylic acids is 1. The number of carboxylic acid groups (broad SMARTS) is 1. The Morgan fingerprint density at radius 3 is 3.07 bits per heavy atom. The van der Waals surface area contributed by atoms with Crippen LogP contribution in [0.15, 0.2) is 18.2 Å². The number of nitrogens with zero attached hydrogens (tertiary/aromatic N) is 1. The number of hydrogen-bond donors (Lipinski definition) is 1. The van der Waals surface area contributed by atoms with Crippen LogP contribution in [0, 0.1) is 0 Å². The fraction of sp³-hybridized carbons (Fsp3) is 0.200. The quantitative estimate of drug-likeness (QED) is 0.867. The van der Waals surface area contributed by atoms with Gasteiger partial charge in [0.05, 0.1) is 12.1 Å². The first-order valence-corrected chi connectivity index (χ1v) is 5.25. The number of benzene rings is 1. The van der Waals surface area contributed by atoms with E-state index in [1.165, 1.54) is 0 Å². The lowest BCUT2D eigenvalue weighted by molar-refractivity contribution is 0.0704. The fourth-order valence-electron chi connectivity index (χ4n) is 1.33. The van der Waals surface area contributed by atoms with Crippen molar-refractivity contribution in [2.24, 2.45) is 0 Å². The van der Waals surface area contributed by atoms with Gasteiger partial charge in [-0.25, -0.2) is 4.79 Å². The minimum absolute atomic E-state index is 0.271. The third-order valence-corrected chi connectivity index (χ3v) is 2.82. The number of hydrogen-bond acceptors (Lipinski definition) is 4. The minimum Gasteiger partial charge on any atom is -0.494 e. The molecule has 4 nitrogen and oxygen atoms in total. The Morgan fingerprint density at radius 1 is 1.60 bits per heavy atom. The van der Waals surface area contributed by atoms with Crippen molar-refractivity contribution in [1.82, 2.24) is 4.37 Å². The highest BCUT2D eigenvalue weighted by Crippen LogP contribution is 2.26. The third-order valence-electron chi connectivity index (χ3n) is 1.95. The zero-order valence-electron chi connectivity index (χ0n) is 8.06. The van der Waals surface area contributed by atoms with Crippen LogP contribution in [0.1, 0.15) is 16.6 Å². The second-order valence-corrected chi connectivity index (χ2v) is 3.70. The lowest BCUT2D eigenvalue weighted by atomic mass is 10.2. The molecule has 1 aromatic carbocycles. The van der Waals surface area contributed by atoms with Gasteiger partial charge in [0, 0.05) is 11.5 Å². The summed E-state index contributed by atoms with van der Waals surface area (Å²) in [5.41, 5.74) is 0.670. The molecule has 0 fully saturated rings. The summed E-state index contributed by atoms with van der Waals surface area (Å²) in [5, 5.41) is 9.55. The molecule has 0 spiro atoms. The molecule has 0 bridgehead atoms. The molecule has 0 saturated carbocycles. The van der Waals surface area contributed by atoms with Crippen molar-refractivity contribution < 1.29 is 14.6 Å². The zero-order chi connectivity index (χ0) is 10.8. The summed E-state index contributed by atoms with van der Waals surface area (Å²) in [6.07, 6.45) is 0. The Labute approximate surface area is 90.3 Å².